The van der Waals surface area contributed by atoms with Crippen molar-refractivity contribution in [2.75, 3.05) is 6.61 Å². The molecule has 0 aromatic heterocycles. The summed E-state index contributed by atoms with van der Waals surface area (Å²) in [6, 6.07) is 13.6. The molecule has 146 valence electrons. The van der Waals surface area contributed by atoms with Crippen molar-refractivity contribution in [3.05, 3.63) is 76.0 Å². The van der Waals surface area contributed by atoms with Gasteiger partial charge in [-0.3, -0.25) is 0 Å². The van der Waals surface area contributed by atoms with E-state index in [1.807, 2.05) is 30.3 Å². The van der Waals surface area contributed by atoms with Crippen molar-refractivity contribution < 1.29 is 19.1 Å². The number of carbonyl (C=O) groups excluding carboxylic acids is 2. The van der Waals surface area contributed by atoms with E-state index in [9.17, 15) is 9.59 Å². The van der Waals surface area contributed by atoms with Gasteiger partial charge in [0.1, 0.15) is 12.4 Å². The molecule has 0 bridgehead atoms. The zero-order chi connectivity index (χ0) is 20.1. The normalized spacial score (nSPS) is 16.2. The molecule has 2 aromatic rings. The van der Waals surface area contributed by atoms with Crippen LogP contribution < -0.4 is 15.4 Å². The second-order valence-corrected chi connectivity index (χ2v) is 6.68. The average molecular weight is 401 g/mol. The van der Waals surface area contributed by atoms with Crippen molar-refractivity contribution in [3.63, 3.8) is 0 Å². The first kappa shape index (κ1) is 19.8. The number of hydrogen-bond acceptors (Lipinski definition) is 4. The van der Waals surface area contributed by atoms with E-state index in [2.05, 4.69) is 10.6 Å². The van der Waals surface area contributed by atoms with E-state index < -0.39 is 12.0 Å². The third kappa shape index (κ3) is 4.46. The predicted molar refractivity (Wildman–Crippen MR) is 106 cm³/mol. The van der Waals surface area contributed by atoms with E-state index in [1.165, 1.54) is 0 Å². The molecule has 0 radical (unpaired) electrons. The number of halogens is 1. The molecule has 2 amide bonds. The monoisotopic (exact) mass is 400 g/mol. The zero-order valence-electron chi connectivity index (χ0n) is 15.6. The fourth-order valence-electron chi connectivity index (χ4n) is 3.00. The topological polar surface area (TPSA) is 76.7 Å². The van der Waals surface area contributed by atoms with Gasteiger partial charge in [-0.1, -0.05) is 41.9 Å². The van der Waals surface area contributed by atoms with Crippen LogP contribution in [0.3, 0.4) is 0 Å². The minimum atomic E-state index is -0.672. The van der Waals surface area contributed by atoms with Crippen molar-refractivity contribution in [3.8, 4) is 5.75 Å². The van der Waals surface area contributed by atoms with E-state index in [4.69, 9.17) is 21.1 Å². The molecule has 2 aromatic carbocycles. The summed E-state index contributed by atoms with van der Waals surface area (Å²) in [6.45, 7) is 3.98. The van der Waals surface area contributed by atoms with Gasteiger partial charge < -0.3 is 20.1 Å². The summed E-state index contributed by atoms with van der Waals surface area (Å²) in [6.07, 6.45) is 0. The van der Waals surface area contributed by atoms with Gasteiger partial charge in [0.15, 0.2) is 0 Å². The molecule has 0 spiro atoms. The van der Waals surface area contributed by atoms with Gasteiger partial charge in [-0.05, 0) is 37.6 Å². The van der Waals surface area contributed by atoms with Crippen molar-refractivity contribution in [2.45, 2.75) is 26.5 Å². The summed E-state index contributed by atoms with van der Waals surface area (Å²) in [5, 5.41) is 6.07. The Morgan fingerprint density at radius 1 is 1.14 bits per heavy atom. The lowest BCUT2D eigenvalue weighted by Gasteiger charge is -2.29. The fourth-order valence-corrected chi connectivity index (χ4v) is 3.12. The first-order chi connectivity index (χ1) is 13.5. The third-order valence-corrected chi connectivity index (χ3v) is 4.55. The maximum atomic E-state index is 12.5. The Morgan fingerprint density at radius 3 is 2.57 bits per heavy atom. The van der Waals surface area contributed by atoms with Crippen LogP contribution in [-0.4, -0.2) is 18.6 Å². The van der Waals surface area contributed by atoms with E-state index in [-0.39, 0.29) is 12.6 Å². The Hall–Kier alpha value is -2.99. The third-order valence-electron chi connectivity index (χ3n) is 4.30. The fraction of sp³-hybridized carbons (Fsp3) is 0.238. The maximum absolute atomic E-state index is 12.5. The zero-order valence-corrected chi connectivity index (χ0v) is 16.4. The van der Waals surface area contributed by atoms with Crippen LogP contribution in [0.2, 0.25) is 5.02 Å². The van der Waals surface area contributed by atoms with Gasteiger partial charge in [-0.25, -0.2) is 9.59 Å². The minimum absolute atomic E-state index is 0.241. The lowest BCUT2D eigenvalue weighted by Crippen LogP contribution is -2.45. The van der Waals surface area contributed by atoms with Crippen molar-refractivity contribution in [2.24, 2.45) is 0 Å². The highest BCUT2D eigenvalue weighted by Crippen LogP contribution is 2.34. The van der Waals surface area contributed by atoms with Gasteiger partial charge in [0.25, 0.3) is 0 Å². The average Bonchev–Trinajstić information content (AvgIpc) is 2.67. The Labute approximate surface area is 168 Å². The van der Waals surface area contributed by atoms with Crippen LogP contribution in [-0.2, 0) is 16.1 Å². The first-order valence-corrected chi connectivity index (χ1v) is 9.29. The highest BCUT2D eigenvalue weighted by Gasteiger charge is 2.33. The minimum Gasteiger partial charge on any atom is -0.489 e. The number of amides is 2. The molecule has 1 unspecified atom stereocenters. The lowest BCUT2D eigenvalue weighted by molar-refractivity contribution is -0.139. The number of para-hydroxylation sites is 1. The molecule has 0 saturated heterocycles. The van der Waals surface area contributed by atoms with Crippen LogP contribution in [0.4, 0.5) is 4.79 Å². The largest absolute Gasteiger partial charge is 0.489 e. The maximum Gasteiger partial charge on any atom is 0.338 e. The molecule has 1 atom stereocenters. The highest BCUT2D eigenvalue weighted by molar-refractivity contribution is 6.30. The van der Waals surface area contributed by atoms with Gasteiger partial charge in [0.05, 0.1) is 18.2 Å². The van der Waals surface area contributed by atoms with E-state index in [1.54, 1.807) is 32.0 Å². The van der Waals surface area contributed by atoms with Gasteiger partial charge in [-0.15, -0.1) is 0 Å². The second kappa shape index (κ2) is 8.80. The second-order valence-electron chi connectivity index (χ2n) is 6.24. The molecule has 0 aliphatic carbocycles. The molecule has 6 nitrogen and oxygen atoms in total. The molecule has 1 heterocycles. The summed E-state index contributed by atoms with van der Waals surface area (Å²) < 4.78 is 11.2. The number of esters is 1. The lowest BCUT2D eigenvalue weighted by atomic mass is 9.95. The van der Waals surface area contributed by atoms with E-state index in [0.29, 0.717) is 34.2 Å². The SMILES string of the molecule is CCOC(=O)C1=C(C)NC(=O)NC1c1ccccc1OCc1ccc(Cl)cc1. The van der Waals surface area contributed by atoms with Crippen LogP contribution in [0.1, 0.15) is 31.0 Å². The smallest absolute Gasteiger partial charge is 0.338 e. The van der Waals surface area contributed by atoms with Gasteiger partial charge >= 0.3 is 12.0 Å². The summed E-state index contributed by atoms with van der Waals surface area (Å²) in [4.78, 5) is 24.5. The van der Waals surface area contributed by atoms with Crippen LogP contribution in [0.15, 0.2) is 59.8 Å². The predicted octanol–water partition coefficient (Wildman–Crippen LogP) is 4.11. The van der Waals surface area contributed by atoms with Gasteiger partial charge in [0, 0.05) is 16.3 Å². The highest BCUT2D eigenvalue weighted by atomic mass is 35.5. The molecule has 7 heteroatoms. The molecule has 1 aliphatic heterocycles. The number of ether oxygens (including phenoxy) is 2. The Balaban J connectivity index is 1.91. The van der Waals surface area contributed by atoms with E-state index >= 15 is 0 Å². The molecule has 2 N–H and O–H groups in total. The molecule has 0 saturated carbocycles. The summed E-state index contributed by atoms with van der Waals surface area (Å²) in [5.41, 5.74) is 2.43. The first-order valence-electron chi connectivity index (χ1n) is 8.91. The van der Waals surface area contributed by atoms with Crippen LogP contribution >= 0.6 is 11.6 Å². The molecule has 0 fully saturated rings. The van der Waals surface area contributed by atoms with Crippen molar-refractivity contribution >= 4 is 23.6 Å². The molecular formula is C21H21ClN2O4. The summed E-state index contributed by atoms with van der Waals surface area (Å²) in [5.74, 6) is 0.0873. The van der Waals surface area contributed by atoms with Crippen LogP contribution in [0, 0.1) is 0 Å². The Kier molecular flexibility index (Phi) is 6.21. The summed E-state index contributed by atoms with van der Waals surface area (Å²) in [7, 11) is 0. The molecule has 1 aliphatic rings. The molecule has 3 rings (SSSR count). The van der Waals surface area contributed by atoms with E-state index in [0.717, 1.165) is 5.56 Å². The van der Waals surface area contributed by atoms with Crippen LogP contribution in [0.25, 0.3) is 0 Å². The Bertz CT molecular complexity index is 909. The van der Waals surface area contributed by atoms with Crippen molar-refractivity contribution in [1.29, 1.82) is 0 Å². The number of urea groups is 1. The number of benzene rings is 2. The van der Waals surface area contributed by atoms with Gasteiger partial charge in [-0.2, -0.15) is 0 Å². The number of rotatable bonds is 6. The number of nitrogens with one attached hydrogen (secondary N) is 2. The summed E-state index contributed by atoms with van der Waals surface area (Å²) >= 11 is 5.92. The van der Waals surface area contributed by atoms with Crippen molar-refractivity contribution in [1.82, 2.24) is 10.6 Å². The number of allylic oxidation sites excluding steroid dienone is 1. The van der Waals surface area contributed by atoms with Crippen LogP contribution in [0.5, 0.6) is 5.75 Å². The standard InChI is InChI=1S/C21H21ClN2O4/c1-3-27-20(25)18-13(2)23-21(26)24-19(18)16-6-4-5-7-17(16)28-12-14-8-10-15(22)11-9-14/h4-11,19H,3,12H2,1-2H3,(H2,23,24,26). The molecule has 28 heavy (non-hydrogen) atoms. The van der Waals surface area contributed by atoms with Gasteiger partial charge in [0.2, 0.25) is 0 Å². The Morgan fingerprint density at radius 2 is 1.86 bits per heavy atom. The molecular weight excluding hydrogens is 380 g/mol. The quantitative estimate of drug-likeness (QED) is 0.715. The number of carbonyl (C=O) groups is 2. The number of hydrogen-bond donors (Lipinski definition) is 2.